The van der Waals surface area contributed by atoms with E-state index in [1.807, 2.05) is 30.3 Å². The van der Waals surface area contributed by atoms with Crippen molar-refractivity contribution in [2.75, 3.05) is 19.6 Å². The zero-order valence-corrected chi connectivity index (χ0v) is 13.8. The minimum Gasteiger partial charge on any atom is -0.481 e. The molecule has 1 aliphatic heterocycles. The standard InChI is InChI=1S/C16H22N2O4S/c19-16(20)8-9-17(10-13-4-2-1-3-5-13)23(21,22)18-11-14-6-7-15(14)12-18/h1-5,14-15H,6-12H2,(H,19,20)/t14-,15+. The van der Waals surface area contributed by atoms with Gasteiger partial charge in [-0.1, -0.05) is 30.3 Å². The molecule has 0 amide bonds. The second-order valence-electron chi connectivity index (χ2n) is 6.39. The highest BCUT2D eigenvalue weighted by Crippen LogP contribution is 2.41. The van der Waals surface area contributed by atoms with Gasteiger partial charge in [0.1, 0.15) is 0 Å². The van der Waals surface area contributed by atoms with Crippen molar-refractivity contribution in [2.24, 2.45) is 11.8 Å². The van der Waals surface area contributed by atoms with Gasteiger partial charge in [-0.05, 0) is 30.2 Å². The summed E-state index contributed by atoms with van der Waals surface area (Å²) >= 11 is 0. The van der Waals surface area contributed by atoms with Gasteiger partial charge in [0.25, 0.3) is 10.2 Å². The smallest absolute Gasteiger partial charge is 0.304 e. The molecular formula is C16H22N2O4S. The lowest BCUT2D eigenvalue weighted by molar-refractivity contribution is -0.137. The van der Waals surface area contributed by atoms with Gasteiger partial charge in [0.15, 0.2) is 0 Å². The Morgan fingerprint density at radius 2 is 1.78 bits per heavy atom. The number of benzene rings is 1. The highest BCUT2D eigenvalue weighted by Gasteiger charge is 2.45. The minimum absolute atomic E-state index is 0.00159. The van der Waals surface area contributed by atoms with E-state index in [2.05, 4.69) is 0 Å². The first-order chi connectivity index (χ1) is 11.0. The highest BCUT2D eigenvalue weighted by atomic mass is 32.2. The maximum Gasteiger partial charge on any atom is 0.304 e. The van der Waals surface area contributed by atoms with Gasteiger partial charge in [0, 0.05) is 26.2 Å². The number of carboxylic acid groups (broad SMARTS) is 1. The third-order valence-corrected chi connectivity index (χ3v) is 6.80. The molecule has 1 saturated carbocycles. The van der Waals surface area contributed by atoms with Crippen LogP contribution >= 0.6 is 0 Å². The lowest BCUT2D eigenvalue weighted by atomic mass is 9.77. The summed E-state index contributed by atoms with van der Waals surface area (Å²) in [6.07, 6.45) is 2.02. The molecule has 1 heterocycles. The second-order valence-corrected chi connectivity index (χ2v) is 8.31. The third-order valence-electron chi connectivity index (χ3n) is 4.88. The Morgan fingerprint density at radius 1 is 1.17 bits per heavy atom. The fourth-order valence-electron chi connectivity index (χ4n) is 3.35. The van der Waals surface area contributed by atoms with E-state index < -0.39 is 16.2 Å². The molecule has 1 aromatic rings. The van der Waals surface area contributed by atoms with Crippen molar-refractivity contribution in [3.8, 4) is 0 Å². The molecule has 0 unspecified atom stereocenters. The van der Waals surface area contributed by atoms with Gasteiger partial charge in [0.2, 0.25) is 0 Å². The molecule has 3 rings (SSSR count). The molecule has 2 atom stereocenters. The fraction of sp³-hybridized carbons (Fsp3) is 0.562. The summed E-state index contributed by atoms with van der Waals surface area (Å²) in [5.41, 5.74) is 0.864. The predicted molar refractivity (Wildman–Crippen MR) is 85.8 cm³/mol. The molecule has 6 nitrogen and oxygen atoms in total. The van der Waals surface area contributed by atoms with E-state index in [4.69, 9.17) is 5.11 Å². The monoisotopic (exact) mass is 338 g/mol. The van der Waals surface area contributed by atoms with Gasteiger partial charge in [-0.25, -0.2) is 0 Å². The van der Waals surface area contributed by atoms with Crippen LogP contribution in [-0.2, 0) is 21.5 Å². The van der Waals surface area contributed by atoms with Gasteiger partial charge in [-0.3, -0.25) is 4.79 Å². The Labute approximate surface area is 136 Å². The van der Waals surface area contributed by atoms with E-state index in [0.29, 0.717) is 24.9 Å². The van der Waals surface area contributed by atoms with Crippen LogP contribution in [0.1, 0.15) is 24.8 Å². The summed E-state index contributed by atoms with van der Waals surface area (Å²) in [4.78, 5) is 10.9. The van der Waals surface area contributed by atoms with Crippen LogP contribution in [-0.4, -0.2) is 47.7 Å². The quantitative estimate of drug-likeness (QED) is 0.818. The van der Waals surface area contributed by atoms with Crippen LogP contribution in [0.4, 0.5) is 0 Å². The maximum absolute atomic E-state index is 12.9. The lowest BCUT2D eigenvalue weighted by Gasteiger charge is -2.27. The molecule has 1 aliphatic carbocycles. The van der Waals surface area contributed by atoms with Crippen molar-refractivity contribution in [2.45, 2.75) is 25.8 Å². The number of nitrogens with zero attached hydrogens (tertiary/aromatic N) is 2. The first kappa shape index (κ1) is 16.4. The molecule has 0 radical (unpaired) electrons. The Morgan fingerprint density at radius 3 is 2.30 bits per heavy atom. The van der Waals surface area contributed by atoms with Crippen molar-refractivity contribution in [3.63, 3.8) is 0 Å². The lowest BCUT2D eigenvalue weighted by Crippen LogP contribution is -2.43. The Balaban J connectivity index is 1.76. The Bertz CT molecular complexity index is 650. The molecule has 0 bridgehead atoms. The molecule has 7 heteroatoms. The number of fused-ring (bicyclic) bond motifs is 1. The van der Waals surface area contributed by atoms with Gasteiger partial charge in [0.05, 0.1) is 6.42 Å². The molecular weight excluding hydrogens is 316 g/mol. The van der Waals surface area contributed by atoms with E-state index in [1.54, 1.807) is 4.31 Å². The Kier molecular flexibility index (Phi) is 4.70. The van der Waals surface area contributed by atoms with E-state index in [9.17, 15) is 13.2 Å². The Hall–Kier alpha value is -1.44. The van der Waals surface area contributed by atoms with Crippen LogP contribution in [0.15, 0.2) is 30.3 Å². The van der Waals surface area contributed by atoms with Crippen molar-refractivity contribution in [1.82, 2.24) is 8.61 Å². The molecule has 2 aliphatic rings. The maximum atomic E-state index is 12.9. The molecule has 1 saturated heterocycles. The van der Waals surface area contributed by atoms with E-state index in [1.165, 1.54) is 4.31 Å². The topological polar surface area (TPSA) is 77.9 Å². The SMILES string of the molecule is O=C(O)CCN(Cc1ccccc1)S(=O)(=O)N1C[C@H]2CC[C@H]2C1. The van der Waals surface area contributed by atoms with Gasteiger partial charge in [-0.2, -0.15) is 17.0 Å². The molecule has 126 valence electrons. The van der Waals surface area contributed by atoms with Gasteiger partial charge < -0.3 is 5.11 Å². The van der Waals surface area contributed by atoms with Gasteiger partial charge in [-0.15, -0.1) is 0 Å². The molecule has 2 fully saturated rings. The van der Waals surface area contributed by atoms with Gasteiger partial charge >= 0.3 is 5.97 Å². The number of hydrogen-bond donors (Lipinski definition) is 1. The highest BCUT2D eigenvalue weighted by molar-refractivity contribution is 7.86. The van der Waals surface area contributed by atoms with Crippen LogP contribution in [0.3, 0.4) is 0 Å². The molecule has 23 heavy (non-hydrogen) atoms. The average Bonchev–Trinajstić information content (AvgIpc) is 2.80. The summed E-state index contributed by atoms with van der Waals surface area (Å²) < 4.78 is 28.7. The zero-order valence-electron chi connectivity index (χ0n) is 13.0. The fourth-order valence-corrected chi connectivity index (χ4v) is 5.07. The largest absolute Gasteiger partial charge is 0.481 e. The summed E-state index contributed by atoms with van der Waals surface area (Å²) in [6, 6.07) is 9.30. The van der Waals surface area contributed by atoms with Crippen molar-refractivity contribution < 1.29 is 18.3 Å². The first-order valence-electron chi connectivity index (χ1n) is 7.98. The van der Waals surface area contributed by atoms with E-state index >= 15 is 0 Å². The van der Waals surface area contributed by atoms with Crippen LogP contribution in [0.5, 0.6) is 0 Å². The molecule has 0 spiro atoms. The van der Waals surface area contributed by atoms with Crippen LogP contribution < -0.4 is 0 Å². The number of hydrogen-bond acceptors (Lipinski definition) is 3. The molecule has 1 N–H and O–H groups in total. The van der Waals surface area contributed by atoms with Crippen LogP contribution in [0.2, 0.25) is 0 Å². The predicted octanol–water partition coefficient (Wildman–Crippen LogP) is 1.55. The summed E-state index contributed by atoms with van der Waals surface area (Å²) in [5.74, 6) is -0.00889. The average molecular weight is 338 g/mol. The summed E-state index contributed by atoms with van der Waals surface area (Å²) in [7, 11) is -3.62. The molecule has 1 aromatic carbocycles. The van der Waals surface area contributed by atoms with E-state index in [-0.39, 0.29) is 19.5 Å². The van der Waals surface area contributed by atoms with Crippen molar-refractivity contribution >= 4 is 16.2 Å². The second kappa shape index (κ2) is 6.59. The molecule has 0 aromatic heterocycles. The summed E-state index contributed by atoms with van der Waals surface area (Å²) in [5, 5.41) is 8.92. The van der Waals surface area contributed by atoms with Crippen molar-refractivity contribution in [3.05, 3.63) is 35.9 Å². The number of carboxylic acids is 1. The number of aliphatic carboxylic acids is 1. The van der Waals surface area contributed by atoms with Crippen LogP contribution in [0.25, 0.3) is 0 Å². The van der Waals surface area contributed by atoms with Crippen molar-refractivity contribution in [1.29, 1.82) is 0 Å². The summed E-state index contributed by atoms with van der Waals surface area (Å²) in [6.45, 7) is 1.36. The minimum atomic E-state index is -3.62. The first-order valence-corrected chi connectivity index (χ1v) is 9.37. The van der Waals surface area contributed by atoms with Crippen LogP contribution in [0, 0.1) is 11.8 Å². The normalized spacial score (nSPS) is 24.4. The number of rotatable bonds is 7. The van der Waals surface area contributed by atoms with E-state index in [0.717, 1.165) is 18.4 Å². The third kappa shape index (κ3) is 3.57. The number of carbonyl (C=O) groups is 1. The zero-order chi connectivity index (χ0) is 16.4.